The second kappa shape index (κ2) is 5.66. The van der Waals surface area contributed by atoms with E-state index in [4.69, 9.17) is 10.5 Å². The predicted molar refractivity (Wildman–Crippen MR) is 66.5 cm³/mol. The molecule has 0 aromatic carbocycles. The summed E-state index contributed by atoms with van der Waals surface area (Å²) in [6.07, 6.45) is 4.21. The van der Waals surface area contributed by atoms with Gasteiger partial charge in [-0.1, -0.05) is 0 Å². The van der Waals surface area contributed by atoms with Crippen LogP contribution in [-0.2, 0) is 4.74 Å². The van der Waals surface area contributed by atoms with Crippen LogP contribution in [0.3, 0.4) is 0 Å². The van der Waals surface area contributed by atoms with Gasteiger partial charge in [0.15, 0.2) is 0 Å². The average molecular weight is 238 g/mol. The maximum Gasteiger partial charge on any atom is 0.0569 e. The minimum absolute atomic E-state index is 0.0159. The molecule has 3 nitrogen and oxygen atoms in total. The van der Waals surface area contributed by atoms with E-state index in [2.05, 4.69) is 11.1 Å². The second-order valence-corrected chi connectivity index (χ2v) is 5.51. The first-order valence-corrected chi connectivity index (χ1v) is 6.59. The van der Waals surface area contributed by atoms with E-state index in [0.717, 1.165) is 31.7 Å². The zero-order chi connectivity index (χ0) is 11.4. The fourth-order valence-electron chi connectivity index (χ4n) is 1.72. The van der Waals surface area contributed by atoms with E-state index in [1.165, 1.54) is 4.90 Å². The van der Waals surface area contributed by atoms with E-state index in [9.17, 15) is 0 Å². The van der Waals surface area contributed by atoms with Crippen LogP contribution >= 0.6 is 11.8 Å². The third-order valence-corrected chi connectivity index (χ3v) is 4.02. The average Bonchev–Trinajstić information content (AvgIpc) is 2.31. The Hall–Kier alpha value is -0.580. The van der Waals surface area contributed by atoms with Gasteiger partial charge in [0.2, 0.25) is 0 Å². The summed E-state index contributed by atoms with van der Waals surface area (Å²) in [5, 5.41) is 0.677. The Labute approximate surface area is 101 Å². The van der Waals surface area contributed by atoms with Crippen molar-refractivity contribution in [3.8, 4) is 0 Å². The smallest absolute Gasteiger partial charge is 0.0569 e. The van der Waals surface area contributed by atoms with Gasteiger partial charge in [-0.3, -0.25) is 4.98 Å². The van der Waals surface area contributed by atoms with E-state index in [-0.39, 0.29) is 6.04 Å². The summed E-state index contributed by atoms with van der Waals surface area (Å²) in [4.78, 5) is 5.60. The number of thioether (sulfide) groups is 1. The van der Waals surface area contributed by atoms with E-state index in [1.807, 2.05) is 30.9 Å². The highest BCUT2D eigenvalue weighted by atomic mass is 32.2. The summed E-state index contributed by atoms with van der Waals surface area (Å²) in [7, 11) is 0. The third-order valence-electron chi connectivity index (χ3n) is 2.70. The summed E-state index contributed by atoms with van der Waals surface area (Å²) in [6.45, 7) is 3.74. The maximum atomic E-state index is 5.76. The summed E-state index contributed by atoms with van der Waals surface area (Å²) in [6, 6.07) is 4.15. The molecule has 0 saturated carbocycles. The van der Waals surface area contributed by atoms with Gasteiger partial charge < -0.3 is 10.5 Å². The number of hydrogen-bond donors (Lipinski definition) is 1. The van der Waals surface area contributed by atoms with Crippen LogP contribution in [0, 0.1) is 0 Å². The van der Waals surface area contributed by atoms with E-state index in [0.29, 0.717) is 5.25 Å². The Morgan fingerprint density at radius 1 is 1.44 bits per heavy atom. The Morgan fingerprint density at radius 2 is 2.19 bits per heavy atom. The first kappa shape index (κ1) is 11.9. The summed E-state index contributed by atoms with van der Waals surface area (Å²) in [5.41, 5.74) is 6.72. The van der Waals surface area contributed by atoms with Crippen LogP contribution in [0.15, 0.2) is 23.2 Å². The molecule has 1 aromatic rings. The lowest BCUT2D eigenvalue weighted by atomic mass is 10.2. The molecule has 0 radical (unpaired) electrons. The monoisotopic (exact) mass is 238 g/mol. The molecule has 0 aliphatic carbocycles. The zero-order valence-corrected chi connectivity index (χ0v) is 10.4. The summed E-state index contributed by atoms with van der Waals surface area (Å²) < 4.78 is 5.34. The highest BCUT2D eigenvalue weighted by Gasteiger charge is 2.15. The van der Waals surface area contributed by atoms with Gasteiger partial charge in [0.1, 0.15) is 0 Å². The van der Waals surface area contributed by atoms with Crippen molar-refractivity contribution in [2.45, 2.75) is 36.0 Å². The highest BCUT2D eigenvalue weighted by Crippen LogP contribution is 2.29. The molecule has 0 bridgehead atoms. The van der Waals surface area contributed by atoms with Crippen LogP contribution in [0.25, 0.3) is 0 Å². The van der Waals surface area contributed by atoms with Crippen molar-refractivity contribution in [2.24, 2.45) is 5.73 Å². The van der Waals surface area contributed by atoms with Crippen molar-refractivity contribution in [3.05, 3.63) is 24.0 Å². The van der Waals surface area contributed by atoms with Gasteiger partial charge in [-0.15, -0.1) is 11.8 Å². The molecule has 1 atom stereocenters. The van der Waals surface area contributed by atoms with Gasteiger partial charge in [-0.2, -0.15) is 0 Å². The highest BCUT2D eigenvalue weighted by molar-refractivity contribution is 8.00. The van der Waals surface area contributed by atoms with Crippen LogP contribution in [-0.4, -0.2) is 23.4 Å². The van der Waals surface area contributed by atoms with Crippen molar-refractivity contribution >= 4 is 11.8 Å². The van der Waals surface area contributed by atoms with Crippen LogP contribution in [0.5, 0.6) is 0 Å². The molecule has 0 unspecified atom stereocenters. The second-order valence-electron chi connectivity index (χ2n) is 4.14. The van der Waals surface area contributed by atoms with Gasteiger partial charge in [0.05, 0.1) is 5.69 Å². The third kappa shape index (κ3) is 3.20. The van der Waals surface area contributed by atoms with E-state index in [1.54, 1.807) is 0 Å². The van der Waals surface area contributed by atoms with Crippen LogP contribution in [0.4, 0.5) is 0 Å². The van der Waals surface area contributed by atoms with Crippen molar-refractivity contribution in [1.29, 1.82) is 0 Å². The molecule has 1 fully saturated rings. The number of hydrogen-bond acceptors (Lipinski definition) is 4. The van der Waals surface area contributed by atoms with Gasteiger partial charge in [-0.25, -0.2) is 0 Å². The Kier molecular flexibility index (Phi) is 4.21. The van der Waals surface area contributed by atoms with E-state index >= 15 is 0 Å². The number of nitrogens with two attached hydrogens (primary N) is 1. The quantitative estimate of drug-likeness (QED) is 0.878. The standard InChI is InChI=1S/C12H18N2OS/c1-9(13)12-3-2-11(8-14-12)16-10-4-6-15-7-5-10/h2-3,8-10H,4-7,13H2,1H3/t9-/m0/s1. The lowest BCUT2D eigenvalue weighted by Crippen LogP contribution is -2.17. The zero-order valence-electron chi connectivity index (χ0n) is 9.56. The normalized spacial score (nSPS) is 19.6. The molecule has 2 heterocycles. The fourth-order valence-corrected chi connectivity index (χ4v) is 2.79. The molecule has 16 heavy (non-hydrogen) atoms. The minimum Gasteiger partial charge on any atom is -0.381 e. The number of nitrogens with zero attached hydrogens (tertiary/aromatic N) is 1. The van der Waals surface area contributed by atoms with E-state index < -0.39 is 0 Å². The molecule has 88 valence electrons. The summed E-state index contributed by atoms with van der Waals surface area (Å²) >= 11 is 1.90. The molecule has 4 heteroatoms. The minimum atomic E-state index is 0.0159. The number of rotatable bonds is 3. The number of ether oxygens (including phenoxy) is 1. The molecule has 1 aromatic heterocycles. The Morgan fingerprint density at radius 3 is 2.75 bits per heavy atom. The molecular formula is C12H18N2OS. The molecule has 0 spiro atoms. The molecule has 2 N–H and O–H groups in total. The topological polar surface area (TPSA) is 48.1 Å². The first-order chi connectivity index (χ1) is 7.75. The lowest BCUT2D eigenvalue weighted by Gasteiger charge is -2.21. The van der Waals surface area contributed by atoms with Crippen molar-refractivity contribution in [1.82, 2.24) is 4.98 Å². The maximum absolute atomic E-state index is 5.76. The predicted octanol–water partition coefficient (Wildman–Crippen LogP) is 2.37. The van der Waals surface area contributed by atoms with Crippen LogP contribution in [0.2, 0.25) is 0 Å². The van der Waals surface area contributed by atoms with Gasteiger partial charge >= 0.3 is 0 Å². The molecule has 1 saturated heterocycles. The lowest BCUT2D eigenvalue weighted by molar-refractivity contribution is 0.100. The Bertz CT molecular complexity index is 320. The van der Waals surface area contributed by atoms with Gasteiger partial charge in [-0.05, 0) is 31.9 Å². The number of aromatic nitrogens is 1. The van der Waals surface area contributed by atoms with Crippen LogP contribution < -0.4 is 5.73 Å². The summed E-state index contributed by atoms with van der Waals surface area (Å²) in [5.74, 6) is 0. The first-order valence-electron chi connectivity index (χ1n) is 5.71. The van der Waals surface area contributed by atoms with Gasteiger partial charge in [0, 0.05) is 35.6 Å². The molecule has 1 aliphatic heterocycles. The SMILES string of the molecule is C[C@H](N)c1ccc(SC2CCOCC2)cn1. The molecular weight excluding hydrogens is 220 g/mol. The van der Waals surface area contributed by atoms with Crippen LogP contribution in [0.1, 0.15) is 31.5 Å². The largest absolute Gasteiger partial charge is 0.381 e. The van der Waals surface area contributed by atoms with Crippen molar-refractivity contribution in [3.63, 3.8) is 0 Å². The fraction of sp³-hybridized carbons (Fsp3) is 0.583. The van der Waals surface area contributed by atoms with Gasteiger partial charge in [0.25, 0.3) is 0 Å². The molecule has 2 rings (SSSR count). The van der Waals surface area contributed by atoms with Crippen molar-refractivity contribution < 1.29 is 4.74 Å². The van der Waals surface area contributed by atoms with Crippen molar-refractivity contribution in [2.75, 3.05) is 13.2 Å². The number of pyridine rings is 1. The Balaban J connectivity index is 1.93. The molecule has 0 amide bonds. The molecule has 1 aliphatic rings.